The summed E-state index contributed by atoms with van der Waals surface area (Å²) < 4.78 is 16.2. The van der Waals surface area contributed by atoms with Crippen LogP contribution in [0.4, 0.5) is 0 Å². The summed E-state index contributed by atoms with van der Waals surface area (Å²) in [5.74, 6) is 1.36. The molecule has 1 fully saturated rings. The van der Waals surface area contributed by atoms with Crippen LogP contribution in [0.25, 0.3) is 0 Å². The van der Waals surface area contributed by atoms with Crippen molar-refractivity contribution < 1.29 is 14.2 Å². The molecule has 0 aromatic carbocycles. The van der Waals surface area contributed by atoms with Crippen LogP contribution in [0.5, 0.6) is 5.88 Å². The van der Waals surface area contributed by atoms with E-state index in [0.29, 0.717) is 25.6 Å². The number of aromatic nitrogens is 1. The maximum Gasteiger partial charge on any atom is 0.218 e. The predicted molar refractivity (Wildman–Crippen MR) is 88.8 cm³/mol. The Morgan fingerprint density at radius 3 is 3.09 bits per heavy atom. The van der Waals surface area contributed by atoms with Gasteiger partial charge in [-0.25, -0.2) is 4.98 Å². The van der Waals surface area contributed by atoms with Crippen LogP contribution in [0.3, 0.4) is 0 Å². The van der Waals surface area contributed by atoms with E-state index in [1.807, 2.05) is 12.1 Å². The van der Waals surface area contributed by atoms with Gasteiger partial charge in [-0.2, -0.15) is 0 Å². The normalized spacial score (nSPS) is 18.0. The molecule has 0 spiro atoms. The van der Waals surface area contributed by atoms with Gasteiger partial charge in [0.2, 0.25) is 5.88 Å². The van der Waals surface area contributed by atoms with E-state index in [0.717, 1.165) is 37.5 Å². The van der Waals surface area contributed by atoms with Crippen molar-refractivity contribution in [3.05, 3.63) is 23.9 Å². The summed E-state index contributed by atoms with van der Waals surface area (Å²) in [5, 5.41) is 6.56. The number of aliphatic imine (C=N–C) groups is 1. The largest absolute Gasteiger partial charge is 0.475 e. The first-order valence-corrected chi connectivity index (χ1v) is 7.95. The Hall–Kier alpha value is -1.86. The van der Waals surface area contributed by atoms with Crippen LogP contribution in [0.15, 0.2) is 23.3 Å². The van der Waals surface area contributed by atoms with Gasteiger partial charge in [0.05, 0.1) is 12.7 Å². The van der Waals surface area contributed by atoms with Gasteiger partial charge in [-0.3, -0.25) is 4.99 Å². The molecule has 2 rings (SSSR count). The fraction of sp³-hybridized carbons (Fsp3) is 0.625. The SMILES string of the molecule is CN=C(NCc1cccnc1OCCOC)NCC1CCCO1. The molecule has 1 aromatic heterocycles. The van der Waals surface area contributed by atoms with Gasteiger partial charge in [-0.05, 0) is 18.9 Å². The smallest absolute Gasteiger partial charge is 0.218 e. The molecule has 0 saturated carbocycles. The van der Waals surface area contributed by atoms with Crippen LogP contribution in [0.2, 0.25) is 0 Å². The number of nitrogens with zero attached hydrogens (tertiary/aromatic N) is 2. The lowest BCUT2D eigenvalue weighted by atomic mass is 10.2. The summed E-state index contributed by atoms with van der Waals surface area (Å²) in [6.45, 7) is 3.22. The average molecular weight is 322 g/mol. The van der Waals surface area contributed by atoms with E-state index in [9.17, 15) is 0 Å². The van der Waals surface area contributed by atoms with Gasteiger partial charge in [0.25, 0.3) is 0 Å². The zero-order valence-corrected chi connectivity index (χ0v) is 13.9. The molecule has 2 N–H and O–H groups in total. The van der Waals surface area contributed by atoms with Crippen LogP contribution in [0.1, 0.15) is 18.4 Å². The zero-order chi connectivity index (χ0) is 16.3. The van der Waals surface area contributed by atoms with Crippen LogP contribution >= 0.6 is 0 Å². The molecule has 0 radical (unpaired) electrons. The summed E-state index contributed by atoms with van der Waals surface area (Å²) in [6.07, 6.45) is 4.23. The first kappa shape index (κ1) is 17.5. The topological polar surface area (TPSA) is 77.0 Å². The molecule has 7 nitrogen and oxygen atoms in total. The molecular formula is C16H26N4O3. The van der Waals surface area contributed by atoms with Crippen molar-refractivity contribution in [3.63, 3.8) is 0 Å². The van der Waals surface area contributed by atoms with Gasteiger partial charge in [0.1, 0.15) is 6.61 Å². The second-order valence-electron chi connectivity index (χ2n) is 5.25. The van der Waals surface area contributed by atoms with Crippen molar-refractivity contribution in [1.82, 2.24) is 15.6 Å². The summed E-state index contributed by atoms with van der Waals surface area (Å²) in [7, 11) is 3.40. The molecular weight excluding hydrogens is 296 g/mol. The van der Waals surface area contributed by atoms with Crippen molar-refractivity contribution in [3.8, 4) is 5.88 Å². The maximum atomic E-state index is 5.63. The van der Waals surface area contributed by atoms with Crippen molar-refractivity contribution in [2.75, 3.05) is 40.5 Å². The van der Waals surface area contributed by atoms with Crippen molar-refractivity contribution in [2.45, 2.75) is 25.5 Å². The maximum absolute atomic E-state index is 5.63. The van der Waals surface area contributed by atoms with Gasteiger partial charge < -0.3 is 24.8 Å². The molecule has 1 aliphatic rings. The number of hydrogen-bond donors (Lipinski definition) is 2. The number of rotatable bonds is 8. The van der Waals surface area contributed by atoms with Crippen LogP contribution in [-0.2, 0) is 16.0 Å². The Bertz CT molecular complexity index is 490. The lowest BCUT2D eigenvalue weighted by molar-refractivity contribution is 0.114. The Morgan fingerprint density at radius 1 is 1.43 bits per heavy atom. The monoisotopic (exact) mass is 322 g/mol. The van der Waals surface area contributed by atoms with E-state index in [4.69, 9.17) is 14.2 Å². The van der Waals surface area contributed by atoms with Crippen LogP contribution < -0.4 is 15.4 Å². The van der Waals surface area contributed by atoms with Gasteiger partial charge in [0.15, 0.2) is 5.96 Å². The highest BCUT2D eigenvalue weighted by Crippen LogP contribution is 2.14. The molecule has 7 heteroatoms. The molecule has 1 unspecified atom stereocenters. The highest BCUT2D eigenvalue weighted by Gasteiger charge is 2.15. The quantitative estimate of drug-likeness (QED) is 0.422. The highest BCUT2D eigenvalue weighted by atomic mass is 16.5. The third kappa shape index (κ3) is 6.03. The fourth-order valence-corrected chi connectivity index (χ4v) is 2.33. The molecule has 0 bridgehead atoms. The number of ether oxygens (including phenoxy) is 3. The van der Waals surface area contributed by atoms with Gasteiger partial charge >= 0.3 is 0 Å². The lowest BCUT2D eigenvalue weighted by Crippen LogP contribution is -2.40. The summed E-state index contributed by atoms with van der Waals surface area (Å²) in [4.78, 5) is 8.49. The van der Waals surface area contributed by atoms with E-state index in [1.54, 1.807) is 20.4 Å². The van der Waals surface area contributed by atoms with E-state index < -0.39 is 0 Å². The molecule has 1 saturated heterocycles. The summed E-state index contributed by atoms with van der Waals surface area (Å²) >= 11 is 0. The minimum atomic E-state index is 0.278. The number of methoxy groups -OCH3 is 1. The molecule has 1 aromatic rings. The second-order valence-corrected chi connectivity index (χ2v) is 5.25. The minimum absolute atomic E-state index is 0.278. The first-order chi connectivity index (χ1) is 11.3. The van der Waals surface area contributed by atoms with E-state index in [1.165, 1.54) is 0 Å². The third-order valence-corrected chi connectivity index (χ3v) is 3.57. The number of guanidine groups is 1. The Labute approximate surface area is 137 Å². The molecule has 2 heterocycles. The van der Waals surface area contributed by atoms with Crippen molar-refractivity contribution in [1.29, 1.82) is 0 Å². The number of hydrogen-bond acceptors (Lipinski definition) is 5. The van der Waals surface area contributed by atoms with E-state index in [-0.39, 0.29) is 6.10 Å². The average Bonchev–Trinajstić information content (AvgIpc) is 3.10. The minimum Gasteiger partial charge on any atom is -0.475 e. The highest BCUT2D eigenvalue weighted by molar-refractivity contribution is 5.79. The van der Waals surface area contributed by atoms with Crippen molar-refractivity contribution >= 4 is 5.96 Å². The summed E-state index contributed by atoms with van der Waals surface area (Å²) in [6, 6.07) is 3.87. The lowest BCUT2D eigenvalue weighted by Gasteiger charge is -2.16. The van der Waals surface area contributed by atoms with E-state index in [2.05, 4.69) is 20.6 Å². The molecule has 1 atom stereocenters. The van der Waals surface area contributed by atoms with E-state index >= 15 is 0 Å². The molecule has 128 valence electrons. The Morgan fingerprint density at radius 2 is 2.35 bits per heavy atom. The Balaban J connectivity index is 1.80. The fourth-order valence-electron chi connectivity index (χ4n) is 2.33. The second kappa shape index (κ2) is 10.0. The standard InChI is InChI=1S/C16H26N4O3/c1-17-16(20-12-14-6-4-8-22-14)19-11-13-5-3-7-18-15(13)23-10-9-21-2/h3,5,7,14H,4,6,8-12H2,1-2H3,(H2,17,19,20). The predicted octanol–water partition coefficient (Wildman–Crippen LogP) is 0.951. The Kier molecular flexibility index (Phi) is 7.62. The molecule has 0 amide bonds. The number of nitrogens with one attached hydrogen (secondary N) is 2. The summed E-state index contributed by atoms with van der Waals surface area (Å²) in [5.41, 5.74) is 0.976. The van der Waals surface area contributed by atoms with Gasteiger partial charge in [-0.15, -0.1) is 0 Å². The first-order valence-electron chi connectivity index (χ1n) is 7.95. The zero-order valence-electron chi connectivity index (χ0n) is 13.9. The van der Waals surface area contributed by atoms with Gasteiger partial charge in [-0.1, -0.05) is 6.07 Å². The van der Waals surface area contributed by atoms with Crippen molar-refractivity contribution in [2.24, 2.45) is 4.99 Å². The van der Waals surface area contributed by atoms with Gasteiger partial charge in [0, 0.05) is 45.6 Å². The van der Waals surface area contributed by atoms with Crippen LogP contribution in [-0.4, -0.2) is 57.6 Å². The number of pyridine rings is 1. The van der Waals surface area contributed by atoms with Crippen LogP contribution in [0, 0.1) is 0 Å². The molecule has 0 aliphatic carbocycles. The third-order valence-electron chi connectivity index (χ3n) is 3.57. The molecule has 23 heavy (non-hydrogen) atoms. The molecule has 1 aliphatic heterocycles.